The molecule has 4 rings (SSSR count). The van der Waals surface area contributed by atoms with E-state index in [0.29, 0.717) is 71.5 Å². The van der Waals surface area contributed by atoms with Crippen molar-refractivity contribution in [3.05, 3.63) is 20.8 Å². The van der Waals surface area contributed by atoms with Crippen LogP contribution in [-0.4, -0.2) is 129 Å². The summed E-state index contributed by atoms with van der Waals surface area (Å²) < 4.78 is 14.1. The van der Waals surface area contributed by atoms with Gasteiger partial charge in [-0.25, -0.2) is 14.4 Å². The van der Waals surface area contributed by atoms with Crippen LogP contribution in [0, 0.1) is 0 Å². The zero-order chi connectivity index (χ0) is 28.3. The molecule has 15 heteroatoms. The van der Waals surface area contributed by atoms with Gasteiger partial charge in [-0.1, -0.05) is 0 Å². The fourth-order valence-corrected chi connectivity index (χ4v) is 5.07. The van der Waals surface area contributed by atoms with E-state index in [1.165, 1.54) is 4.57 Å². The highest BCUT2D eigenvalue weighted by atomic mass is 16.6. The lowest BCUT2D eigenvalue weighted by atomic mass is 10.2. The Bertz CT molecular complexity index is 1300. The molecule has 1 N–H and O–H groups in total. The van der Waals surface area contributed by atoms with Gasteiger partial charge in [0.2, 0.25) is 5.95 Å². The standard InChI is InChI=1S/C24H38N8O7/c1-5-38-23(36)30-9-7-28(8-10-30)15-17(33)16-32-20(34)18-19(27(4)22(32)35)25-21(26(18)3)29-11-13-31(14-12-29)24(37)39-6-2/h17,33H,5-16H2,1-4H3/t17-/m1/s1. The summed E-state index contributed by atoms with van der Waals surface area (Å²) in [5, 5.41) is 10.8. The predicted molar refractivity (Wildman–Crippen MR) is 142 cm³/mol. The highest BCUT2D eigenvalue weighted by Gasteiger charge is 2.28. The fraction of sp³-hybridized carbons (Fsp3) is 0.708. The van der Waals surface area contributed by atoms with Gasteiger partial charge in [-0.05, 0) is 13.8 Å². The van der Waals surface area contributed by atoms with Crippen molar-refractivity contribution >= 4 is 29.3 Å². The van der Waals surface area contributed by atoms with Crippen molar-refractivity contribution < 1.29 is 24.2 Å². The van der Waals surface area contributed by atoms with E-state index in [0.717, 1.165) is 4.57 Å². The summed E-state index contributed by atoms with van der Waals surface area (Å²) in [5.41, 5.74) is -0.563. The molecule has 2 aliphatic rings. The van der Waals surface area contributed by atoms with Crippen LogP contribution in [0.15, 0.2) is 9.59 Å². The zero-order valence-corrected chi connectivity index (χ0v) is 23.0. The Labute approximate surface area is 225 Å². The van der Waals surface area contributed by atoms with Crippen LogP contribution in [0.2, 0.25) is 0 Å². The third kappa shape index (κ3) is 5.88. The molecule has 2 saturated heterocycles. The van der Waals surface area contributed by atoms with Crippen LogP contribution in [0.1, 0.15) is 13.8 Å². The third-order valence-corrected chi connectivity index (χ3v) is 7.19. The SMILES string of the molecule is CCOC(=O)N1CCN(C[C@@H](O)Cn2c(=O)c3c(nc(N4CCN(C(=O)OCC)CC4)n3C)n(C)c2=O)CC1. The number of aliphatic hydroxyl groups is 1. The largest absolute Gasteiger partial charge is 0.450 e. The average molecular weight is 551 g/mol. The summed E-state index contributed by atoms with van der Waals surface area (Å²) in [6.07, 6.45) is -1.67. The Morgan fingerprint density at radius 2 is 1.38 bits per heavy atom. The molecule has 1 atom stereocenters. The molecule has 0 spiro atoms. The second-order valence-electron chi connectivity index (χ2n) is 9.71. The first-order chi connectivity index (χ1) is 18.7. The molecule has 0 aromatic carbocycles. The molecule has 4 heterocycles. The number of hydrogen-bond acceptors (Lipinski definition) is 10. The van der Waals surface area contributed by atoms with Crippen LogP contribution >= 0.6 is 0 Å². The normalized spacial score (nSPS) is 17.5. The average Bonchev–Trinajstić information content (AvgIpc) is 3.28. The van der Waals surface area contributed by atoms with Crippen molar-refractivity contribution in [2.45, 2.75) is 26.5 Å². The Balaban J connectivity index is 1.47. The highest BCUT2D eigenvalue weighted by Crippen LogP contribution is 2.19. The van der Waals surface area contributed by atoms with Crippen molar-refractivity contribution in [3.8, 4) is 0 Å². The molecule has 2 amide bonds. The first-order valence-electron chi connectivity index (χ1n) is 13.3. The van der Waals surface area contributed by atoms with E-state index >= 15 is 0 Å². The lowest BCUT2D eigenvalue weighted by molar-refractivity contribution is 0.0525. The van der Waals surface area contributed by atoms with Crippen molar-refractivity contribution in [1.82, 2.24) is 33.4 Å². The number of amides is 2. The number of ether oxygens (including phenoxy) is 2. The summed E-state index contributed by atoms with van der Waals surface area (Å²) >= 11 is 0. The summed E-state index contributed by atoms with van der Waals surface area (Å²) in [5.74, 6) is 0.526. The van der Waals surface area contributed by atoms with Crippen molar-refractivity contribution in [2.75, 3.05) is 77.0 Å². The molecule has 39 heavy (non-hydrogen) atoms. The molecule has 2 aromatic heterocycles. The number of anilines is 1. The van der Waals surface area contributed by atoms with E-state index in [4.69, 9.17) is 9.47 Å². The lowest BCUT2D eigenvalue weighted by Crippen LogP contribution is -2.51. The predicted octanol–water partition coefficient (Wildman–Crippen LogP) is -1.15. The molecule has 0 unspecified atom stereocenters. The van der Waals surface area contributed by atoms with E-state index in [2.05, 4.69) is 4.98 Å². The molecule has 216 valence electrons. The smallest absolute Gasteiger partial charge is 0.409 e. The maximum Gasteiger partial charge on any atom is 0.409 e. The first kappa shape index (κ1) is 28.4. The summed E-state index contributed by atoms with van der Waals surface area (Å²) in [6, 6.07) is 0. The van der Waals surface area contributed by atoms with E-state index in [1.54, 1.807) is 42.3 Å². The number of aliphatic hydroxyl groups excluding tert-OH is 1. The highest BCUT2D eigenvalue weighted by molar-refractivity contribution is 5.74. The van der Waals surface area contributed by atoms with E-state index in [9.17, 15) is 24.3 Å². The molecule has 2 aliphatic heterocycles. The molecule has 2 aromatic rings. The van der Waals surface area contributed by atoms with Gasteiger partial charge in [-0.3, -0.25) is 18.8 Å². The minimum Gasteiger partial charge on any atom is -0.450 e. The number of carbonyl (C=O) groups excluding carboxylic acids is 2. The van der Waals surface area contributed by atoms with Gasteiger partial charge in [-0.2, -0.15) is 4.98 Å². The molecule has 0 saturated carbocycles. The van der Waals surface area contributed by atoms with Gasteiger partial charge in [0.05, 0.1) is 25.9 Å². The van der Waals surface area contributed by atoms with Gasteiger partial charge >= 0.3 is 17.9 Å². The Hall–Kier alpha value is -3.59. The van der Waals surface area contributed by atoms with E-state index in [1.807, 2.05) is 9.80 Å². The molecule has 0 bridgehead atoms. The van der Waals surface area contributed by atoms with Crippen LogP contribution in [0.25, 0.3) is 11.2 Å². The summed E-state index contributed by atoms with van der Waals surface area (Å²) in [6.45, 7) is 8.19. The minimum atomic E-state index is -0.967. The number of aryl methyl sites for hydroxylation is 2. The van der Waals surface area contributed by atoms with Crippen LogP contribution in [0.3, 0.4) is 0 Å². The first-order valence-corrected chi connectivity index (χ1v) is 13.3. The van der Waals surface area contributed by atoms with Gasteiger partial charge in [0.1, 0.15) is 0 Å². The Kier molecular flexibility index (Phi) is 8.80. The summed E-state index contributed by atoms with van der Waals surface area (Å²) in [4.78, 5) is 62.3. The fourth-order valence-electron chi connectivity index (χ4n) is 5.07. The molecular weight excluding hydrogens is 512 g/mol. The maximum atomic E-state index is 13.5. The van der Waals surface area contributed by atoms with E-state index in [-0.39, 0.29) is 36.4 Å². The van der Waals surface area contributed by atoms with Crippen molar-refractivity contribution in [3.63, 3.8) is 0 Å². The summed E-state index contributed by atoms with van der Waals surface area (Å²) in [7, 11) is 3.27. The third-order valence-electron chi connectivity index (χ3n) is 7.19. The topological polar surface area (TPSA) is 148 Å². The van der Waals surface area contributed by atoms with Crippen LogP contribution in [0.5, 0.6) is 0 Å². The van der Waals surface area contributed by atoms with Gasteiger partial charge in [0.15, 0.2) is 11.2 Å². The number of nitrogens with zero attached hydrogens (tertiary/aromatic N) is 8. The second-order valence-corrected chi connectivity index (χ2v) is 9.71. The number of hydrogen-bond donors (Lipinski definition) is 1. The molecule has 0 aliphatic carbocycles. The molecule has 0 radical (unpaired) electrons. The number of aromatic nitrogens is 4. The maximum absolute atomic E-state index is 13.5. The minimum absolute atomic E-state index is 0.168. The van der Waals surface area contributed by atoms with Gasteiger partial charge < -0.3 is 33.8 Å². The van der Waals surface area contributed by atoms with Crippen molar-refractivity contribution in [1.29, 1.82) is 0 Å². The van der Waals surface area contributed by atoms with Gasteiger partial charge in [0, 0.05) is 73.0 Å². The number of imidazole rings is 1. The Morgan fingerprint density at radius 3 is 1.92 bits per heavy atom. The number of β-amino-alcohol motifs (C(OH)–C–C–N with tert-alkyl or cyclic N) is 1. The number of rotatable bonds is 7. The molecule has 2 fully saturated rings. The van der Waals surface area contributed by atoms with Crippen LogP contribution in [0.4, 0.5) is 15.5 Å². The van der Waals surface area contributed by atoms with Crippen LogP contribution < -0.4 is 16.1 Å². The van der Waals surface area contributed by atoms with Gasteiger partial charge in [0.25, 0.3) is 5.56 Å². The second kappa shape index (κ2) is 12.1. The molecular formula is C24H38N8O7. The number of piperazine rings is 2. The van der Waals surface area contributed by atoms with Crippen molar-refractivity contribution in [2.24, 2.45) is 14.1 Å². The van der Waals surface area contributed by atoms with E-state index < -0.39 is 17.4 Å². The van der Waals surface area contributed by atoms with Gasteiger partial charge in [-0.15, -0.1) is 0 Å². The molecule has 15 nitrogen and oxygen atoms in total. The van der Waals surface area contributed by atoms with Crippen LogP contribution in [-0.2, 0) is 30.1 Å². The lowest BCUT2D eigenvalue weighted by Gasteiger charge is -2.34. The quantitative estimate of drug-likeness (QED) is 0.448. The zero-order valence-electron chi connectivity index (χ0n) is 23.0. The number of carbonyl (C=O) groups is 2. The number of fused-ring (bicyclic) bond motifs is 1. The Morgan fingerprint density at radius 1 is 0.846 bits per heavy atom. The monoisotopic (exact) mass is 550 g/mol.